The summed E-state index contributed by atoms with van der Waals surface area (Å²) in [5.41, 5.74) is 3.59. The van der Waals surface area contributed by atoms with Crippen molar-refractivity contribution >= 4 is 11.6 Å². The largest absolute Gasteiger partial charge is 0.437 e. The van der Waals surface area contributed by atoms with Crippen LogP contribution in [-0.4, -0.2) is 16.0 Å². The Morgan fingerprint density at radius 3 is 2.66 bits per heavy atom. The number of ether oxygens (including phenoxy) is 1. The predicted octanol–water partition coefficient (Wildman–Crippen LogP) is 5.40. The van der Waals surface area contributed by atoms with Gasteiger partial charge in [-0.1, -0.05) is 47.6 Å². The third-order valence-electron chi connectivity index (χ3n) is 4.58. The van der Waals surface area contributed by atoms with Gasteiger partial charge in [0, 0.05) is 17.8 Å². The molecule has 1 amide bonds. The number of aromatic nitrogens is 2. The molecule has 0 aliphatic rings. The first kappa shape index (κ1) is 18.4. The van der Waals surface area contributed by atoms with Crippen molar-refractivity contribution in [3.05, 3.63) is 89.7 Å². The Labute approximate surface area is 168 Å². The highest BCUT2D eigenvalue weighted by Crippen LogP contribution is 2.30. The molecule has 0 bridgehead atoms. The molecule has 4 aromatic rings. The molecule has 29 heavy (non-hydrogen) atoms. The van der Waals surface area contributed by atoms with Gasteiger partial charge in [0.15, 0.2) is 11.5 Å². The van der Waals surface area contributed by atoms with E-state index in [4.69, 9.17) is 9.26 Å². The minimum Gasteiger partial charge on any atom is -0.437 e. The number of anilines is 1. The highest BCUT2D eigenvalue weighted by atomic mass is 16.5. The normalized spacial score (nSPS) is 10.6. The summed E-state index contributed by atoms with van der Waals surface area (Å²) in [4.78, 5) is 16.9. The van der Waals surface area contributed by atoms with E-state index in [1.54, 1.807) is 24.4 Å². The lowest BCUT2D eigenvalue weighted by molar-refractivity contribution is 0.101. The summed E-state index contributed by atoms with van der Waals surface area (Å²) in [6.45, 7) is 3.99. The number of nitrogens with zero attached hydrogens (tertiary/aromatic N) is 2. The molecule has 2 aromatic carbocycles. The number of amides is 1. The molecule has 1 N–H and O–H groups in total. The minimum absolute atomic E-state index is 0.172. The summed E-state index contributed by atoms with van der Waals surface area (Å²) in [6.07, 6.45) is 1.61. The first-order valence-corrected chi connectivity index (χ1v) is 9.14. The van der Waals surface area contributed by atoms with Crippen LogP contribution >= 0.6 is 0 Å². The molecule has 144 valence electrons. The highest BCUT2D eigenvalue weighted by Gasteiger charge is 2.17. The molecular formula is C23H19N3O3. The standard InChI is InChI=1S/C23H19N3O3/c1-15-8-6-12-20(16(15)2)28-23-18(11-7-13-24-23)25-22(27)19-14-21(29-26-19)17-9-4-3-5-10-17/h3-14H,1-2H3,(H,25,27). The van der Waals surface area contributed by atoms with E-state index in [0.717, 1.165) is 16.7 Å². The Bertz CT molecular complexity index is 1150. The number of benzene rings is 2. The van der Waals surface area contributed by atoms with Crippen molar-refractivity contribution in [1.29, 1.82) is 0 Å². The van der Waals surface area contributed by atoms with Gasteiger partial charge in [-0.05, 0) is 43.2 Å². The van der Waals surface area contributed by atoms with Crippen LogP contribution < -0.4 is 10.1 Å². The van der Waals surface area contributed by atoms with Crippen molar-refractivity contribution in [1.82, 2.24) is 10.1 Å². The monoisotopic (exact) mass is 385 g/mol. The van der Waals surface area contributed by atoms with E-state index in [9.17, 15) is 4.79 Å². The molecule has 0 aliphatic heterocycles. The molecule has 0 atom stereocenters. The van der Waals surface area contributed by atoms with Gasteiger partial charge in [-0.15, -0.1) is 0 Å². The molecule has 0 saturated carbocycles. The summed E-state index contributed by atoms with van der Waals surface area (Å²) in [5.74, 6) is 1.11. The third kappa shape index (κ3) is 4.01. The molecule has 0 spiro atoms. The number of hydrogen-bond donors (Lipinski definition) is 1. The summed E-state index contributed by atoms with van der Waals surface area (Å²) in [7, 11) is 0. The molecule has 0 unspecified atom stereocenters. The van der Waals surface area contributed by atoms with E-state index < -0.39 is 5.91 Å². The fourth-order valence-corrected chi connectivity index (χ4v) is 2.81. The van der Waals surface area contributed by atoms with E-state index in [1.165, 1.54) is 0 Å². The van der Waals surface area contributed by atoms with Gasteiger partial charge in [0.05, 0.1) is 0 Å². The zero-order chi connectivity index (χ0) is 20.2. The fourth-order valence-electron chi connectivity index (χ4n) is 2.81. The molecule has 2 heterocycles. The molecule has 0 saturated heterocycles. The van der Waals surface area contributed by atoms with Crippen molar-refractivity contribution < 1.29 is 14.1 Å². The first-order chi connectivity index (χ1) is 14.1. The molecule has 6 nitrogen and oxygen atoms in total. The number of carbonyl (C=O) groups excluding carboxylic acids is 1. The van der Waals surface area contributed by atoms with E-state index in [2.05, 4.69) is 15.5 Å². The van der Waals surface area contributed by atoms with Gasteiger partial charge in [-0.2, -0.15) is 0 Å². The summed E-state index contributed by atoms with van der Waals surface area (Å²) >= 11 is 0. The van der Waals surface area contributed by atoms with Crippen molar-refractivity contribution in [2.24, 2.45) is 0 Å². The molecule has 0 aliphatic carbocycles. The van der Waals surface area contributed by atoms with Gasteiger partial charge >= 0.3 is 0 Å². The van der Waals surface area contributed by atoms with E-state index in [0.29, 0.717) is 23.1 Å². The Balaban J connectivity index is 1.55. The number of carbonyl (C=O) groups is 1. The maximum absolute atomic E-state index is 12.7. The van der Waals surface area contributed by atoms with Crippen molar-refractivity contribution in [2.75, 3.05) is 5.32 Å². The number of nitrogens with one attached hydrogen (secondary N) is 1. The molecule has 0 radical (unpaired) electrons. The lowest BCUT2D eigenvalue weighted by Gasteiger charge is -2.13. The minimum atomic E-state index is -0.408. The Kier molecular flexibility index (Phi) is 5.07. The predicted molar refractivity (Wildman–Crippen MR) is 110 cm³/mol. The van der Waals surface area contributed by atoms with Crippen LogP contribution in [0.15, 0.2) is 77.4 Å². The summed E-state index contributed by atoms with van der Waals surface area (Å²) in [6, 6.07) is 20.3. The second kappa shape index (κ2) is 7.98. The van der Waals surface area contributed by atoms with Crippen LogP contribution in [-0.2, 0) is 0 Å². The summed E-state index contributed by atoms with van der Waals surface area (Å²) in [5, 5.41) is 6.68. The molecular weight excluding hydrogens is 366 g/mol. The molecule has 6 heteroatoms. The molecule has 2 aromatic heterocycles. The summed E-state index contributed by atoms with van der Waals surface area (Å²) < 4.78 is 11.3. The zero-order valence-corrected chi connectivity index (χ0v) is 16.0. The molecule has 0 fully saturated rings. The van der Waals surface area contributed by atoms with E-state index >= 15 is 0 Å². The lowest BCUT2D eigenvalue weighted by atomic mass is 10.1. The van der Waals surface area contributed by atoms with Gasteiger partial charge in [0.1, 0.15) is 11.4 Å². The van der Waals surface area contributed by atoms with Gasteiger partial charge in [0.2, 0.25) is 5.88 Å². The Hall–Kier alpha value is -3.93. The first-order valence-electron chi connectivity index (χ1n) is 9.14. The van der Waals surface area contributed by atoms with Gasteiger partial charge < -0.3 is 14.6 Å². The van der Waals surface area contributed by atoms with Crippen LogP contribution in [0, 0.1) is 13.8 Å². The van der Waals surface area contributed by atoms with E-state index in [1.807, 2.05) is 62.4 Å². The Morgan fingerprint density at radius 2 is 1.83 bits per heavy atom. The van der Waals surface area contributed by atoms with Crippen LogP contribution in [0.3, 0.4) is 0 Å². The number of rotatable bonds is 5. The number of aryl methyl sites for hydroxylation is 1. The van der Waals surface area contributed by atoms with Crippen LogP contribution in [0.2, 0.25) is 0 Å². The SMILES string of the molecule is Cc1cccc(Oc2ncccc2NC(=O)c2cc(-c3ccccc3)on2)c1C. The number of pyridine rings is 1. The second-order valence-electron chi connectivity index (χ2n) is 6.55. The molecule has 4 rings (SSSR count). The average Bonchev–Trinajstić information content (AvgIpc) is 3.24. The van der Waals surface area contributed by atoms with Crippen molar-refractivity contribution in [2.45, 2.75) is 13.8 Å². The van der Waals surface area contributed by atoms with Gasteiger partial charge in [0.25, 0.3) is 5.91 Å². The quantitative estimate of drug-likeness (QED) is 0.498. The maximum atomic E-state index is 12.7. The third-order valence-corrected chi connectivity index (χ3v) is 4.58. The van der Waals surface area contributed by atoms with Crippen LogP contribution in [0.25, 0.3) is 11.3 Å². The smallest absolute Gasteiger partial charge is 0.278 e. The van der Waals surface area contributed by atoms with E-state index in [-0.39, 0.29) is 5.69 Å². The maximum Gasteiger partial charge on any atom is 0.278 e. The van der Waals surface area contributed by atoms with Crippen LogP contribution in [0.5, 0.6) is 11.6 Å². The number of hydrogen-bond acceptors (Lipinski definition) is 5. The lowest BCUT2D eigenvalue weighted by Crippen LogP contribution is -2.13. The van der Waals surface area contributed by atoms with Gasteiger partial charge in [-0.25, -0.2) is 4.98 Å². The second-order valence-corrected chi connectivity index (χ2v) is 6.55. The highest BCUT2D eigenvalue weighted by molar-refractivity contribution is 6.03. The van der Waals surface area contributed by atoms with Crippen LogP contribution in [0.4, 0.5) is 5.69 Å². The Morgan fingerprint density at radius 1 is 1.00 bits per heavy atom. The average molecular weight is 385 g/mol. The van der Waals surface area contributed by atoms with Crippen molar-refractivity contribution in [3.63, 3.8) is 0 Å². The van der Waals surface area contributed by atoms with Gasteiger partial charge in [-0.3, -0.25) is 4.79 Å². The topological polar surface area (TPSA) is 77.2 Å². The van der Waals surface area contributed by atoms with Crippen molar-refractivity contribution in [3.8, 4) is 23.0 Å². The fraction of sp³-hybridized carbons (Fsp3) is 0.0870. The zero-order valence-electron chi connectivity index (χ0n) is 16.0. The van der Waals surface area contributed by atoms with Crippen LogP contribution in [0.1, 0.15) is 21.6 Å².